The Morgan fingerprint density at radius 2 is 2.06 bits per heavy atom. The number of hydrogen-bond acceptors (Lipinski definition) is 3. The largest absolute Gasteiger partial charge is 0.397 e. The minimum atomic E-state index is 0.702. The summed E-state index contributed by atoms with van der Waals surface area (Å²) in [5.41, 5.74) is 8.36. The zero-order valence-corrected chi connectivity index (χ0v) is 12.4. The SMILES string of the molecule is C/C=C(\C=NC)Nc1ccc(Br)cc1N.CC. The molecule has 0 heterocycles. The maximum absolute atomic E-state index is 5.86. The molecule has 0 amide bonds. The van der Waals surface area contributed by atoms with Crippen molar-refractivity contribution in [2.24, 2.45) is 4.99 Å². The fourth-order valence-corrected chi connectivity index (χ4v) is 1.50. The molecule has 0 aliphatic rings. The van der Waals surface area contributed by atoms with Crippen LogP contribution in [-0.2, 0) is 0 Å². The molecule has 3 N–H and O–H groups in total. The third kappa shape index (κ3) is 5.54. The van der Waals surface area contributed by atoms with Gasteiger partial charge in [0.1, 0.15) is 0 Å². The van der Waals surface area contributed by atoms with Crippen molar-refractivity contribution < 1.29 is 0 Å². The predicted octanol–water partition coefficient (Wildman–Crippen LogP) is 4.07. The van der Waals surface area contributed by atoms with Gasteiger partial charge in [0.25, 0.3) is 0 Å². The Kier molecular flexibility index (Phi) is 8.15. The lowest BCUT2D eigenvalue weighted by Gasteiger charge is -2.09. The monoisotopic (exact) mass is 297 g/mol. The average molecular weight is 298 g/mol. The molecule has 0 aromatic heterocycles. The van der Waals surface area contributed by atoms with Gasteiger partial charge >= 0.3 is 0 Å². The van der Waals surface area contributed by atoms with Crippen molar-refractivity contribution >= 4 is 33.5 Å². The van der Waals surface area contributed by atoms with E-state index in [-0.39, 0.29) is 0 Å². The van der Waals surface area contributed by atoms with Gasteiger partial charge in [0.05, 0.1) is 17.1 Å². The fraction of sp³-hybridized carbons (Fsp3) is 0.308. The molecule has 0 saturated carbocycles. The number of nitrogens with one attached hydrogen (secondary N) is 1. The molecule has 94 valence electrons. The van der Waals surface area contributed by atoms with Crippen LogP contribution in [0.4, 0.5) is 11.4 Å². The van der Waals surface area contributed by atoms with Crippen LogP contribution in [-0.4, -0.2) is 13.3 Å². The Labute approximate surface area is 112 Å². The highest BCUT2D eigenvalue weighted by molar-refractivity contribution is 9.10. The highest BCUT2D eigenvalue weighted by Crippen LogP contribution is 2.23. The van der Waals surface area contributed by atoms with E-state index in [2.05, 4.69) is 26.2 Å². The first-order valence-electron chi connectivity index (χ1n) is 5.58. The Balaban J connectivity index is 0.00000121. The summed E-state index contributed by atoms with van der Waals surface area (Å²) in [5, 5.41) is 3.19. The van der Waals surface area contributed by atoms with Crippen LogP contribution in [0.5, 0.6) is 0 Å². The average Bonchev–Trinajstić information content (AvgIpc) is 2.34. The van der Waals surface area contributed by atoms with Crippen molar-refractivity contribution in [3.05, 3.63) is 34.4 Å². The number of rotatable bonds is 3. The molecule has 3 nitrogen and oxygen atoms in total. The molecule has 1 aromatic carbocycles. The minimum Gasteiger partial charge on any atom is -0.397 e. The van der Waals surface area contributed by atoms with E-state index in [0.717, 1.165) is 15.9 Å². The van der Waals surface area contributed by atoms with Crippen molar-refractivity contribution in [1.82, 2.24) is 0 Å². The second-order valence-corrected chi connectivity index (χ2v) is 3.90. The summed E-state index contributed by atoms with van der Waals surface area (Å²) in [4.78, 5) is 3.94. The van der Waals surface area contributed by atoms with Crippen LogP contribution in [0.3, 0.4) is 0 Å². The first-order chi connectivity index (χ1) is 8.17. The molecular weight excluding hydrogens is 278 g/mol. The lowest BCUT2D eigenvalue weighted by Crippen LogP contribution is -2.03. The van der Waals surface area contributed by atoms with E-state index in [1.54, 1.807) is 13.3 Å². The molecule has 0 atom stereocenters. The number of hydrogen-bond donors (Lipinski definition) is 2. The number of nitrogens with zero attached hydrogens (tertiary/aromatic N) is 1. The summed E-state index contributed by atoms with van der Waals surface area (Å²) in [6, 6.07) is 5.72. The van der Waals surface area contributed by atoms with E-state index >= 15 is 0 Å². The molecule has 0 radical (unpaired) electrons. The Hall–Kier alpha value is -1.29. The molecule has 0 spiro atoms. The first kappa shape index (κ1) is 15.7. The Bertz CT molecular complexity index is 398. The summed E-state index contributed by atoms with van der Waals surface area (Å²) in [6.45, 7) is 5.94. The molecule has 0 fully saturated rings. The molecule has 0 saturated heterocycles. The number of nitrogens with two attached hydrogens (primary N) is 1. The number of aliphatic imine (C=N–C) groups is 1. The zero-order valence-electron chi connectivity index (χ0n) is 10.8. The molecule has 0 bridgehead atoms. The zero-order chi connectivity index (χ0) is 13.3. The Morgan fingerprint density at radius 1 is 1.41 bits per heavy atom. The topological polar surface area (TPSA) is 50.4 Å². The van der Waals surface area contributed by atoms with Crippen LogP contribution in [0.2, 0.25) is 0 Å². The van der Waals surface area contributed by atoms with Crippen molar-refractivity contribution in [2.45, 2.75) is 20.8 Å². The van der Waals surface area contributed by atoms with Gasteiger partial charge in [0.15, 0.2) is 0 Å². The number of benzene rings is 1. The third-order valence-corrected chi connectivity index (χ3v) is 2.37. The van der Waals surface area contributed by atoms with Crippen LogP contribution in [0.1, 0.15) is 20.8 Å². The van der Waals surface area contributed by atoms with Crippen molar-refractivity contribution in [1.29, 1.82) is 0 Å². The number of nitrogen functional groups attached to an aromatic ring is 1. The smallest absolute Gasteiger partial charge is 0.0619 e. The second-order valence-electron chi connectivity index (χ2n) is 2.99. The fourth-order valence-electron chi connectivity index (χ4n) is 1.12. The van der Waals surface area contributed by atoms with Crippen LogP contribution < -0.4 is 11.1 Å². The highest BCUT2D eigenvalue weighted by atomic mass is 79.9. The Morgan fingerprint density at radius 3 is 2.53 bits per heavy atom. The third-order valence-electron chi connectivity index (χ3n) is 1.87. The van der Waals surface area contributed by atoms with Gasteiger partial charge in [0.2, 0.25) is 0 Å². The molecular formula is C13H20BrN3. The maximum Gasteiger partial charge on any atom is 0.0619 e. The second kappa shape index (κ2) is 8.82. The van der Waals surface area contributed by atoms with Crippen LogP contribution in [0.15, 0.2) is 39.4 Å². The summed E-state index contributed by atoms with van der Waals surface area (Å²) in [6.07, 6.45) is 3.69. The van der Waals surface area contributed by atoms with Gasteiger partial charge in [-0.15, -0.1) is 0 Å². The molecule has 17 heavy (non-hydrogen) atoms. The number of allylic oxidation sites excluding steroid dienone is 2. The van der Waals surface area contributed by atoms with Crippen molar-refractivity contribution in [3.63, 3.8) is 0 Å². The number of anilines is 2. The maximum atomic E-state index is 5.86. The molecule has 0 unspecified atom stereocenters. The van der Waals surface area contributed by atoms with Gasteiger partial charge < -0.3 is 11.1 Å². The summed E-state index contributed by atoms with van der Waals surface area (Å²) in [7, 11) is 1.73. The van der Waals surface area contributed by atoms with E-state index in [9.17, 15) is 0 Å². The molecule has 1 rings (SSSR count). The van der Waals surface area contributed by atoms with Gasteiger partial charge in [-0.2, -0.15) is 0 Å². The van der Waals surface area contributed by atoms with Crippen LogP contribution in [0.25, 0.3) is 0 Å². The van der Waals surface area contributed by atoms with E-state index in [4.69, 9.17) is 5.73 Å². The van der Waals surface area contributed by atoms with Gasteiger partial charge in [0, 0.05) is 17.7 Å². The lowest BCUT2D eigenvalue weighted by molar-refractivity contribution is 1.42. The molecule has 0 aliphatic carbocycles. The van der Waals surface area contributed by atoms with E-state index in [1.165, 1.54) is 0 Å². The normalized spacial score (nSPS) is 11.0. The molecule has 0 aliphatic heterocycles. The van der Waals surface area contributed by atoms with Gasteiger partial charge in [-0.3, -0.25) is 4.99 Å². The van der Waals surface area contributed by atoms with Crippen LogP contribution >= 0.6 is 15.9 Å². The van der Waals surface area contributed by atoms with Crippen molar-refractivity contribution in [3.8, 4) is 0 Å². The van der Waals surface area contributed by atoms with Gasteiger partial charge in [-0.1, -0.05) is 35.9 Å². The van der Waals surface area contributed by atoms with Gasteiger partial charge in [-0.05, 0) is 25.1 Å². The molecule has 4 heteroatoms. The van der Waals surface area contributed by atoms with Gasteiger partial charge in [-0.25, -0.2) is 0 Å². The molecule has 1 aromatic rings. The lowest BCUT2D eigenvalue weighted by atomic mass is 10.2. The standard InChI is InChI=1S/C11H14BrN3.C2H6/c1-3-9(7-14-2)15-11-5-4-8(12)6-10(11)13;1-2/h3-7,15H,13H2,1-2H3;1-2H3/b9-3+,14-7?;. The first-order valence-corrected chi connectivity index (χ1v) is 6.37. The quantitative estimate of drug-likeness (QED) is 0.652. The minimum absolute atomic E-state index is 0.702. The predicted molar refractivity (Wildman–Crippen MR) is 81.7 cm³/mol. The summed E-state index contributed by atoms with van der Waals surface area (Å²) >= 11 is 3.36. The van der Waals surface area contributed by atoms with Crippen molar-refractivity contribution in [2.75, 3.05) is 18.1 Å². The van der Waals surface area contributed by atoms with E-state index in [0.29, 0.717) is 5.69 Å². The van der Waals surface area contributed by atoms with E-state index < -0.39 is 0 Å². The summed E-state index contributed by atoms with van der Waals surface area (Å²) < 4.78 is 0.969. The van der Waals surface area contributed by atoms with E-state index in [1.807, 2.05) is 45.0 Å². The van der Waals surface area contributed by atoms with Crippen LogP contribution in [0, 0.1) is 0 Å². The summed E-state index contributed by atoms with van der Waals surface area (Å²) in [5.74, 6) is 0. The highest BCUT2D eigenvalue weighted by Gasteiger charge is 2.00. The number of halogens is 1.